The van der Waals surface area contributed by atoms with Gasteiger partial charge >= 0.3 is 5.97 Å². The molecule has 3 N–H and O–H groups in total. The lowest BCUT2D eigenvalue weighted by Crippen LogP contribution is -2.32. The molecule has 0 aliphatic heterocycles. The number of nitrogens with zero attached hydrogens (tertiary/aromatic N) is 1. The van der Waals surface area contributed by atoms with E-state index < -0.39 is 18.5 Å². The zero-order valence-corrected chi connectivity index (χ0v) is 17.6. The van der Waals surface area contributed by atoms with Crippen LogP contribution in [-0.4, -0.2) is 24.2 Å². The maximum Gasteiger partial charge on any atom is 0.310 e. The highest BCUT2D eigenvalue weighted by atomic mass is 16.5. The topological polar surface area (TPSA) is 93.8 Å². The van der Waals surface area contributed by atoms with Crippen molar-refractivity contribution in [1.29, 1.82) is 0 Å². The molecular weight excluding hydrogens is 390 g/mol. The highest BCUT2D eigenvalue weighted by Gasteiger charge is 2.14. The third-order valence-corrected chi connectivity index (χ3v) is 4.65. The van der Waals surface area contributed by atoms with Gasteiger partial charge in [-0.25, -0.2) is 0 Å². The third-order valence-electron chi connectivity index (χ3n) is 4.65. The van der Waals surface area contributed by atoms with Crippen molar-refractivity contribution >= 4 is 34.0 Å². The standard InChI is InChI=1S/C25H25N3O3/c1-17(26)25(18(2)27-21-12-4-3-5-13-21)28-23(29)16-31-24(30)15-20-11-8-10-19-9-6-7-14-22(19)20/h3-14H,15-16,26H2,1-2H3,(H,28,29). The molecule has 0 radical (unpaired) electrons. The molecule has 0 unspecified atom stereocenters. The Morgan fingerprint density at radius 1 is 0.935 bits per heavy atom. The first kappa shape index (κ1) is 21.8. The largest absolute Gasteiger partial charge is 0.455 e. The molecule has 0 saturated heterocycles. The molecule has 0 aliphatic carbocycles. The Bertz CT molecular complexity index is 1140. The van der Waals surface area contributed by atoms with Crippen LogP contribution in [0.2, 0.25) is 0 Å². The highest BCUT2D eigenvalue weighted by molar-refractivity contribution is 6.03. The van der Waals surface area contributed by atoms with Crippen molar-refractivity contribution < 1.29 is 14.3 Å². The van der Waals surface area contributed by atoms with Gasteiger partial charge in [0.15, 0.2) is 6.61 Å². The molecule has 0 atom stereocenters. The summed E-state index contributed by atoms with van der Waals surface area (Å²) >= 11 is 0. The fourth-order valence-corrected chi connectivity index (χ4v) is 3.20. The Kier molecular flexibility index (Phi) is 7.17. The number of aliphatic imine (C=N–C) groups is 1. The van der Waals surface area contributed by atoms with E-state index in [4.69, 9.17) is 10.5 Å². The fourth-order valence-electron chi connectivity index (χ4n) is 3.20. The second kappa shape index (κ2) is 10.2. The molecule has 158 valence electrons. The summed E-state index contributed by atoms with van der Waals surface area (Å²) in [5.74, 6) is -0.954. The van der Waals surface area contributed by atoms with Gasteiger partial charge in [-0.15, -0.1) is 0 Å². The summed E-state index contributed by atoms with van der Waals surface area (Å²) in [5, 5.41) is 4.73. The van der Waals surface area contributed by atoms with Crippen LogP contribution in [0, 0.1) is 0 Å². The number of esters is 1. The number of hydrogen-bond donors (Lipinski definition) is 2. The summed E-state index contributed by atoms with van der Waals surface area (Å²) in [7, 11) is 0. The summed E-state index contributed by atoms with van der Waals surface area (Å²) in [6.07, 6.45) is 0.0851. The van der Waals surface area contributed by atoms with Gasteiger partial charge in [-0.1, -0.05) is 60.7 Å². The zero-order valence-electron chi connectivity index (χ0n) is 17.6. The second-order valence-corrected chi connectivity index (χ2v) is 7.11. The Balaban J connectivity index is 1.60. The van der Waals surface area contributed by atoms with Crippen LogP contribution in [0.25, 0.3) is 10.8 Å². The molecule has 0 heterocycles. The van der Waals surface area contributed by atoms with Crippen LogP contribution in [0.3, 0.4) is 0 Å². The minimum atomic E-state index is -0.478. The molecule has 1 amide bonds. The Morgan fingerprint density at radius 3 is 2.35 bits per heavy atom. The summed E-state index contributed by atoms with van der Waals surface area (Å²) in [4.78, 5) is 29.1. The molecule has 31 heavy (non-hydrogen) atoms. The van der Waals surface area contributed by atoms with E-state index in [2.05, 4.69) is 10.3 Å². The van der Waals surface area contributed by atoms with Gasteiger partial charge in [-0.3, -0.25) is 14.6 Å². The van der Waals surface area contributed by atoms with E-state index >= 15 is 0 Å². The molecule has 0 fully saturated rings. The lowest BCUT2D eigenvalue weighted by atomic mass is 10.0. The van der Waals surface area contributed by atoms with Crippen LogP contribution in [0.4, 0.5) is 5.69 Å². The van der Waals surface area contributed by atoms with Crippen molar-refractivity contribution in [2.45, 2.75) is 20.3 Å². The Hall–Kier alpha value is -3.93. The molecule has 3 aromatic carbocycles. The first-order valence-electron chi connectivity index (χ1n) is 9.93. The number of carbonyl (C=O) groups is 2. The van der Waals surface area contributed by atoms with Crippen LogP contribution in [-0.2, 0) is 20.7 Å². The predicted octanol–water partition coefficient (Wildman–Crippen LogP) is 4.02. The summed E-state index contributed by atoms with van der Waals surface area (Å²) in [6, 6.07) is 22.9. The molecular formula is C25H25N3O3. The monoisotopic (exact) mass is 415 g/mol. The van der Waals surface area contributed by atoms with Gasteiger partial charge < -0.3 is 15.8 Å². The van der Waals surface area contributed by atoms with E-state index in [1.807, 2.05) is 72.8 Å². The maximum atomic E-state index is 12.4. The smallest absolute Gasteiger partial charge is 0.310 e. The first-order chi connectivity index (χ1) is 14.9. The fraction of sp³-hybridized carbons (Fsp3) is 0.160. The van der Waals surface area contributed by atoms with Crippen molar-refractivity contribution in [1.82, 2.24) is 5.32 Å². The number of para-hydroxylation sites is 1. The minimum Gasteiger partial charge on any atom is -0.455 e. The Labute approximate surface area is 181 Å². The van der Waals surface area contributed by atoms with E-state index in [9.17, 15) is 9.59 Å². The molecule has 0 bridgehead atoms. The van der Waals surface area contributed by atoms with Gasteiger partial charge in [0, 0.05) is 5.70 Å². The molecule has 0 spiro atoms. The van der Waals surface area contributed by atoms with Crippen molar-refractivity contribution in [3.63, 3.8) is 0 Å². The third kappa shape index (κ3) is 6.02. The lowest BCUT2D eigenvalue weighted by Gasteiger charge is -2.12. The van der Waals surface area contributed by atoms with E-state index in [-0.39, 0.29) is 6.42 Å². The van der Waals surface area contributed by atoms with Gasteiger partial charge in [0.05, 0.1) is 23.5 Å². The number of ether oxygens (including phenoxy) is 1. The number of nitrogens with one attached hydrogen (secondary N) is 1. The number of carbonyl (C=O) groups excluding carboxylic acids is 2. The normalized spacial score (nSPS) is 12.3. The average molecular weight is 415 g/mol. The number of amides is 1. The number of rotatable bonds is 7. The summed E-state index contributed by atoms with van der Waals surface area (Å²) in [6.45, 7) is 3.02. The molecule has 6 heteroatoms. The van der Waals surface area contributed by atoms with Crippen LogP contribution in [0.15, 0.2) is 89.2 Å². The molecule has 3 rings (SSSR count). The first-order valence-corrected chi connectivity index (χ1v) is 9.93. The van der Waals surface area contributed by atoms with Crippen molar-refractivity contribution in [3.8, 4) is 0 Å². The second-order valence-electron chi connectivity index (χ2n) is 7.11. The van der Waals surface area contributed by atoms with Crippen LogP contribution < -0.4 is 11.1 Å². The molecule has 0 saturated carbocycles. The van der Waals surface area contributed by atoms with E-state index in [0.717, 1.165) is 22.0 Å². The molecule has 0 aromatic heterocycles. The van der Waals surface area contributed by atoms with E-state index in [1.165, 1.54) is 0 Å². The highest BCUT2D eigenvalue weighted by Crippen LogP contribution is 2.19. The number of nitrogens with two attached hydrogens (primary N) is 1. The molecule has 3 aromatic rings. The van der Waals surface area contributed by atoms with Gasteiger partial charge in [0.25, 0.3) is 5.91 Å². The van der Waals surface area contributed by atoms with Gasteiger partial charge in [0.1, 0.15) is 0 Å². The number of allylic oxidation sites excluding steroid dienone is 2. The quantitative estimate of drug-likeness (QED) is 0.450. The number of fused-ring (bicyclic) bond motifs is 1. The van der Waals surface area contributed by atoms with Gasteiger partial charge in [0.2, 0.25) is 0 Å². The number of benzene rings is 3. The van der Waals surface area contributed by atoms with Crippen LogP contribution in [0.1, 0.15) is 19.4 Å². The van der Waals surface area contributed by atoms with Crippen LogP contribution in [0.5, 0.6) is 0 Å². The van der Waals surface area contributed by atoms with Crippen molar-refractivity contribution in [3.05, 3.63) is 89.8 Å². The molecule has 0 aliphatic rings. The minimum absolute atomic E-state index is 0.0851. The van der Waals surface area contributed by atoms with E-state index in [1.54, 1.807) is 13.8 Å². The lowest BCUT2D eigenvalue weighted by molar-refractivity contribution is -0.147. The van der Waals surface area contributed by atoms with Crippen LogP contribution >= 0.6 is 0 Å². The summed E-state index contributed by atoms with van der Waals surface area (Å²) < 4.78 is 5.18. The van der Waals surface area contributed by atoms with Crippen molar-refractivity contribution in [2.75, 3.05) is 6.61 Å². The summed E-state index contributed by atoms with van der Waals surface area (Å²) in [5.41, 5.74) is 8.89. The van der Waals surface area contributed by atoms with Gasteiger partial charge in [-0.2, -0.15) is 0 Å². The van der Waals surface area contributed by atoms with E-state index in [0.29, 0.717) is 17.1 Å². The average Bonchev–Trinajstić information content (AvgIpc) is 2.76. The van der Waals surface area contributed by atoms with Crippen molar-refractivity contribution in [2.24, 2.45) is 10.7 Å². The Morgan fingerprint density at radius 2 is 1.61 bits per heavy atom. The molecule has 6 nitrogen and oxygen atoms in total. The SMILES string of the molecule is CC(=Nc1ccccc1)C(NC(=O)COC(=O)Cc1cccc2ccccc12)=C(C)N. The predicted molar refractivity (Wildman–Crippen MR) is 123 cm³/mol. The number of hydrogen-bond acceptors (Lipinski definition) is 5. The zero-order chi connectivity index (χ0) is 22.2. The van der Waals surface area contributed by atoms with Gasteiger partial charge in [-0.05, 0) is 42.3 Å². The maximum absolute atomic E-state index is 12.4.